The number of rotatable bonds is 4. The van der Waals surface area contributed by atoms with E-state index in [0.29, 0.717) is 0 Å². The van der Waals surface area contributed by atoms with Crippen LogP contribution < -0.4 is 9.13 Å². The average Bonchev–Trinajstić information content (AvgIpc) is 3.16. The summed E-state index contributed by atoms with van der Waals surface area (Å²) < 4.78 is 8.43. The van der Waals surface area contributed by atoms with Crippen molar-refractivity contribution in [2.24, 2.45) is 14.1 Å². The van der Waals surface area contributed by atoms with Crippen LogP contribution in [0.3, 0.4) is 0 Å². The summed E-state index contributed by atoms with van der Waals surface area (Å²) in [6.45, 7) is 6.54. The number of aryl methyl sites for hydroxylation is 4. The number of hydrogen-bond donors (Lipinski definition) is 0. The number of unbranched alkanes of at least 4 members (excludes halogenated alkanes) is 1. The molecule has 0 radical (unpaired) electrons. The summed E-state index contributed by atoms with van der Waals surface area (Å²) in [5, 5.41) is 16.9. The molecule has 0 saturated heterocycles. The van der Waals surface area contributed by atoms with E-state index in [-0.39, 0.29) is 0 Å². The summed E-state index contributed by atoms with van der Waals surface area (Å²) >= 11 is 7.40. The molecule has 2 rings (SSSR count). The quantitative estimate of drug-likeness (QED) is 0.474. The maximum atomic E-state index is 7.13. The molecule has 0 saturated carbocycles. The van der Waals surface area contributed by atoms with Crippen LogP contribution in [0.25, 0.3) is 10.8 Å². The second-order valence-corrected chi connectivity index (χ2v) is 5.13. The van der Waals surface area contributed by atoms with Crippen molar-refractivity contribution < 1.29 is 9.13 Å². The first-order valence-corrected chi connectivity index (χ1v) is 8.35. The van der Waals surface area contributed by atoms with Gasteiger partial charge in [-0.2, -0.15) is 10.3 Å². The SMILES string of the molecule is CCCCn1cc[n+](C)c1.CCn1cc[n+](C)c1.[N-]=C=S.[N-]=C=S. The van der Waals surface area contributed by atoms with Gasteiger partial charge in [-0.3, -0.25) is 0 Å². The first-order chi connectivity index (χ1) is 11.5. The van der Waals surface area contributed by atoms with Crippen molar-refractivity contribution in [3.63, 3.8) is 0 Å². The summed E-state index contributed by atoms with van der Waals surface area (Å²) in [5.41, 5.74) is 0. The lowest BCUT2D eigenvalue weighted by Gasteiger charge is -1.90. The molecule has 0 aliphatic rings. The van der Waals surface area contributed by atoms with Gasteiger partial charge in [0.15, 0.2) is 0 Å². The minimum atomic E-state index is 1.06. The fourth-order valence-corrected chi connectivity index (χ4v) is 1.66. The zero-order valence-electron chi connectivity index (χ0n) is 14.8. The predicted molar refractivity (Wildman–Crippen MR) is 104 cm³/mol. The number of imidazole rings is 2. The molecule has 0 spiro atoms. The molecule has 24 heavy (non-hydrogen) atoms. The average molecular weight is 367 g/mol. The Morgan fingerprint density at radius 1 is 0.917 bits per heavy atom. The van der Waals surface area contributed by atoms with E-state index in [0.717, 1.165) is 13.1 Å². The highest BCUT2D eigenvalue weighted by atomic mass is 32.1. The molecule has 0 fully saturated rings. The van der Waals surface area contributed by atoms with Crippen molar-refractivity contribution in [1.29, 1.82) is 0 Å². The third-order valence-corrected chi connectivity index (χ3v) is 2.78. The molecule has 132 valence electrons. The van der Waals surface area contributed by atoms with Crippen LogP contribution in [0, 0.1) is 0 Å². The van der Waals surface area contributed by atoms with Gasteiger partial charge in [0.25, 0.3) is 0 Å². The highest BCUT2D eigenvalue weighted by Gasteiger charge is 1.96. The van der Waals surface area contributed by atoms with Crippen LogP contribution in [-0.2, 0) is 27.2 Å². The van der Waals surface area contributed by atoms with Crippen molar-refractivity contribution in [3.8, 4) is 0 Å². The summed E-state index contributed by atoms with van der Waals surface area (Å²) in [6.07, 6.45) is 15.0. The van der Waals surface area contributed by atoms with E-state index in [9.17, 15) is 0 Å². The normalized spacial score (nSPS) is 8.17. The van der Waals surface area contributed by atoms with Crippen molar-refractivity contribution in [2.45, 2.75) is 39.8 Å². The maximum Gasteiger partial charge on any atom is 0.243 e. The fourth-order valence-electron chi connectivity index (χ4n) is 1.66. The van der Waals surface area contributed by atoms with E-state index in [1.54, 1.807) is 0 Å². The summed E-state index contributed by atoms with van der Waals surface area (Å²) in [7, 11) is 4.06. The molecular weight excluding hydrogens is 340 g/mol. The third-order valence-electron chi connectivity index (χ3n) is 2.78. The standard InChI is InChI=1S/C8H15N2.C6H11N2.2CNS/c1-3-4-5-10-7-6-9(2)8-10;1-3-8-5-4-7(2)6-8;2*2-1-3/h6-8H,3-5H2,1-2H3;4-6H,3H2,1-2H3;;/q2*+1;2*-1. The Balaban J connectivity index is 0. The van der Waals surface area contributed by atoms with Gasteiger partial charge in [0, 0.05) is 0 Å². The number of thiocarbonyl (C=S) groups is 2. The minimum absolute atomic E-state index is 1.06. The molecule has 0 bridgehead atoms. The Hall–Kier alpha value is -1.98. The Morgan fingerprint density at radius 2 is 1.33 bits per heavy atom. The van der Waals surface area contributed by atoms with Crippen LogP contribution in [-0.4, -0.2) is 19.5 Å². The van der Waals surface area contributed by atoms with Crippen LogP contribution in [0.1, 0.15) is 26.7 Å². The van der Waals surface area contributed by atoms with Crippen LogP contribution in [0.4, 0.5) is 0 Å². The van der Waals surface area contributed by atoms with Gasteiger partial charge >= 0.3 is 0 Å². The molecule has 2 heterocycles. The van der Waals surface area contributed by atoms with Gasteiger partial charge in [0.2, 0.25) is 12.7 Å². The molecule has 8 heteroatoms. The van der Waals surface area contributed by atoms with E-state index in [4.69, 9.17) is 10.8 Å². The summed E-state index contributed by atoms with van der Waals surface area (Å²) in [5.74, 6) is 0. The van der Waals surface area contributed by atoms with E-state index in [1.165, 1.54) is 23.2 Å². The largest absolute Gasteiger partial charge is 0.753 e. The number of hydrogen-bond acceptors (Lipinski definition) is 2. The molecule has 0 N–H and O–H groups in total. The Labute approximate surface area is 155 Å². The smallest absolute Gasteiger partial charge is 0.243 e. The lowest BCUT2D eigenvalue weighted by atomic mass is 10.3. The van der Waals surface area contributed by atoms with E-state index in [2.05, 4.69) is 83.2 Å². The maximum absolute atomic E-state index is 7.13. The van der Waals surface area contributed by atoms with E-state index in [1.807, 2.05) is 24.9 Å². The van der Waals surface area contributed by atoms with Gasteiger partial charge < -0.3 is 10.8 Å². The molecule has 0 aromatic carbocycles. The Bertz CT molecular complexity index is 594. The fraction of sp³-hybridized carbons (Fsp3) is 0.500. The molecule has 0 amide bonds. The second-order valence-electron chi connectivity index (χ2n) is 4.76. The van der Waals surface area contributed by atoms with Crippen LogP contribution >= 0.6 is 24.4 Å². The lowest BCUT2D eigenvalue weighted by Crippen LogP contribution is -2.23. The molecule has 0 atom stereocenters. The monoisotopic (exact) mass is 366 g/mol. The minimum Gasteiger partial charge on any atom is -0.753 e. The van der Waals surface area contributed by atoms with Crippen molar-refractivity contribution in [3.05, 3.63) is 48.3 Å². The Morgan fingerprint density at radius 3 is 1.58 bits per heavy atom. The first-order valence-electron chi connectivity index (χ1n) is 7.53. The van der Waals surface area contributed by atoms with Gasteiger partial charge in [0.05, 0.1) is 27.2 Å². The summed E-state index contributed by atoms with van der Waals surface area (Å²) in [6, 6.07) is 0. The molecular formula is C16H26N6S2. The molecule has 6 nitrogen and oxygen atoms in total. The number of aromatic nitrogens is 4. The number of nitrogens with zero attached hydrogens (tertiary/aromatic N) is 6. The van der Waals surface area contributed by atoms with Crippen LogP contribution in [0.5, 0.6) is 0 Å². The lowest BCUT2D eigenvalue weighted by molar-refractivity contribution is -0.671. The van der Waals surface area contributed by atoms with Gasteiger partial charge in [-0.05, 0) is 13.3 Å². The van der Waals surface area contributed by atoms with Gasteiger partial charge in [-0.1, -0.05) is 37.8 Å². The zero-order chi connectivity index (χ0) is 18.8. The van der Waals surface area contributed by atoms with Crippen LogP contribution in [0.2, 0.25) is 0 Å². The topological polar surface area (TPSA) is 62.2 Å². The third kappa shape index (κ3) is 14.9. The van der Waals surface area contributed by atoms with Crippen molar-refractivity contribution in [1.82, 2.24) is 9.13 Å². The van der Waals surface area contributed by atoms with Crippen LogP contribution in [0.15, 0.2) is 37.4 Å². The van der Waals surface area contributed by atoms with E-state index < -0.39 is 0 Å². The van der Waals surface area contributed by atoms with Crippen molar-refractivity contribution >= 4 is 34.8 Å². The Kier molecular flexibility index (Phi) is 17.6. The predicted octanol–water partition coefficient (Wildman–Crippen LogP) is 2.76. The summed E-state index contributed by atoms with van der Waals surface area (Å²) in [4.78, 5) is 0. The zero-order valence-corrected chi connectivity index (χ0v) is 16.4. The molecule has 0 aliphatic carbocycles. The van der Waals surface area contributed by atoms with E-state index >= 15 is 0 Å². The number of isothiocyanates is 2. The van der Waals surface area contributed by atoms with Gasteiger partial charge in [-0.15, -0.1) is 0 Å². The second kappa shape index (κ2) is 17.4. The molecule has 0 aliphatic heterocycles. The first kappa shape index (κ1) is 24.3. The highest BCUT2D eigenvalue weighted by Crippen LogP contribution is 1.91. The molecule has 2 aromatic heterocycles. The van der Waals surface area contributed by atoms with Gasteiger partial charge in [0.1, 0.15) is 24.8 Å². The molecule has 2 aromatic rings. The van der Waals surface area contributed by atoms with Crippen molar-refractivity contribution in [2.75, 3.05) is 0 Å². The molecule has 0 unspecified atom stereocenters. The van der Waals surface area contributed by atoms with Gasteiger partial charge in [-0.25, -0.2) is 18.3 Å². The highest BCUT2D eigenvalue weighted by molar-refractivity contribution is 7.78.